The predicted octanol–water partition coefficient (Wildman–Crippen LogP) is 1.56. The molecule has 1 heterocycles. The summed E-state index contributed by atoms with van der Waals surface area (Å²) >= 11 is 0. The number of rotatable bonds is 2. The van der Waals surface area contributed by atoms with Crippen molar-refractivity contribution in [3.05, 3.63) is 23.8 Å². The largest absolute Gasteiger partial charge is 0.324 e. The van der Waals surface area contributed by atoms with E-state index in [4.69, 9.17) is 0 Å². The number of anilines is 2. The summed E-state index contributed by atoms with van der Waals surface area (Å²) in [5, 5.41) is 5.20. The number of carbonyl (C=O) groups is 3. The van der Waals surface area contributed by atoms with Gasteiger partial charge in [-0.1, -0.05) is 6.92 Å². The summed E-state index contributed by atoms with van der Waals surface area (Å²) in [6.07, 6.45) is 0.199. The lowest BCUT2D eigenvalue weighted by atomic mass is 10.1. The molecule has 0 fully saturated rings. The number of hydrogen-bond donors (Lipinski definition) is 2. The highest BCUT2D eigenvalue weighted by Crippen LogP contribution is 2.26. The first kappa shape index (κ1) is 11.3. The van der Waals surface area contributed by atoms with Gasteiger partial charge < -0.3 is 10.6 Å². The summed E-state index contributed by atoms with van der Waals surface area (Å²) in [4.78, 5) is 34.2. The average Bonchev–Trinajstić information content (AvgIpc) is 2.43. The van der Waals surface area contributed by atoms with Crippen molar-refractivity contribution in [3.8, 4) is 0 Å². The van der Waals surface area contributed by atoms with Gasteiger partial charge in [-0.05, 0) is 18.2 Å². The Morgan fingerprint density at radius 1 is 1.18 bits per heavy atom. The summed E-state index contributed by atoms with van der Waals surface area (Å²) in [5.41, 5.74) is 1.52. The van der Waals surface area contributed by atoms with Gasteiger partial charge in [-0.2, -0.15) is 0 Å². The quantitative estimate of drug-likeness (QED) is 0.600. The molecule has 1 aliphatic heterocycles. The second kappa shape index (κ2) is 4.37. The summed E-state index contributed by atoms with van der Waals surface area (Å²) in [5.74, 6) is -0.726. The van der Waals surface area contributed by atoms with Gasteiger partial charge in [-0.15, -0.1) is 0 Å². The third-order valence-corrected chi connectivity index (χ3v) is 2.53. The van der Waals surface area contributed by atoms with Crippen molar-refractivity contribution in [2.24, 2.45) is 0 Å². The lowest BCUT2D eigenvalue weighted by Crippen LogP contribution is -2.16. The van der Waals surface area contributed by atoms with Crippen LogP contribution >= 0.6 is 0 Å². The number of Topliss-reactive ketones (excluding diaryl/α,β-unsaturated/α-hetero) is 1. The molecule has 2 N–H and O–H groups in total. The number of fused-ring (bicyclic) bond motifs is 1. The van der Waals surface area contributed by atoms with Crippen molar-refractivity contribution >= 4 is 29.0 Å². The van der Waals surface area contributed by atoms with E-state index in [1.165, 1.54) is 0 Å². The second-order valence-corrected chi connectivity index (χ2v) is 3.81. The Hall–Kier alpha value is -2.17. The molecular weight excluding hydrogens is 220 g/mol. The van der Waals surface area contributed by atoms with Crippen LogP contribution in [0.1, 0.15) is 30.1 Å². The molecule has 5 nitrogen and oxygen atoms in total. The molecule has 2 rings (SSSR count). The van der Waals surface area contributed by atoms with E-state index in [0.717, 1.165) is 0 Å². The highest BCUT2D eigenvalue weighted by atomic mass is 16.2. The lowest BCUT2D eigenvalue weighted by Gasteiger charge is -2.08. The Labute approximate surface area is 98.2 Å². The van der Waals surface area contributed by atoms with E-state index in [9.17, 15) is 14.4 Å². The van der Waals surface area contributed by atoms with Crippen LogP contribution in [0.2, 0.25) is 0 Å². The first-order chi connectivity index (χ1) is 8.10. The maximum atomic E-state index is 11.5. The molecule has 5 heteroatoms. The van der Waals surface area contributed by atoms with Gasteiger partial charge in [-0.3, -0.25) is 14.4 Å². The van der Waals surface area contributed by atoms with E-state index in [1.807, 2.05) is 0 Å². The van der Waals surface area contributed by atoms with Gasteiger partial charge in [0.05, 0.1) is 11.4 Å². The molecule has 1 aromatic rings. The molecule has 0 spiro atoms. The van der Waals surface area contributed by atoms with Gasteiger partial charge >= 0.3 is 0 Å². The van der Waals surface area contributed by atoms with E-state index in [1.54, 1.807) is 25.1 Å². The Kier molecular flexibility index (Phi) is 2.91. The first-order valence-electron chi connectivity index (χ1n) is 5.37. The van der Waals surface area contributed by atoms with Crippen molar-refractivity contribution in [1.82, 2.24) is 0 Å². The summed E-state index contributed by atoms with van der Waals surface area (Å²) in [7, 11) is 0. The molecule has 1 aliphatic rings. The summed E-state index contributed by atoms with van der Waals surface area (Å²) in [6.45, 7) is 1.77. The molecule has 0 radical (unpaired) electrons. The maximum absolute atomic E-state index is 11.5. The molecule has 0 aromatic heterocycles. The smallest absolute Gasteiger partial charge is 0.233 e. The summed E-state index contributed by atoms with van der Waals surface area (Å²) < 4.78 is 0. The van der Waals surface area contributed by atoms with Crippen LogP contribution in [0.3, 0.4) is 0 Å². The lowest BCUT2D eigenvalue weighted by molar-refractivity contribution is -0.123. The molecule has 0 bridgehead atoms. The molecule has 0 saturated heterocycles. The monoisotopic (exact) mass is 232 g/mol. The number of amides is 2. The molecule has 17 heavy (non-hydrogen) atoms. The Morgan fingerprint density at radius 2 is 1.82 bits per heavy atom. The Balaban J connectivity index is 2.41. The topological polar surface area (TPSA) is 75.3 Å². The zero-order valence-corrected chi connectivity index (χ0v) is 9.37. The van der Waals surface area contributed by atoms with E-state index < -0.39 is 0 Å². The van der Waals surface area contributed by atoms with E-state index in [0.29, 0.717) is 23.4 Å². The normalized spacial score (nSPS) is 14.4. The van der Waals surface area contributed by atoms with Crippen LogP contribution in [0, 0.1) is 0 Å². The molecule has 0 saturated carbocycles. The van der Waals surface area contributed by atoms with Crippen molar-refractivity contribution in [3.63, 3.8) is 0 Å². The molecule has 2 amide bonds. The highest BCUT2D eigenvalue weighted by molar-refractivity contribution is 6.14. The highest BCUT2D eigenvalue weighted by Gasteiger charge is 2.19. The third kappa shape index (κ3) is 2.33. The fourth-order valence-corrected chi connectivity index (χ4v) is 1.67. The molecule has 0 atom stereocenters. The minimum absolute atomic E-state index is 0.00220. The Morgan fingerprint density at radius 3 is 2.47 bits per heavy atom. The number of nitrogens with one attached hydrogen (secondary N) is 2. The van der Waals surface area contributed by atoms with E-state index >= 15 is 0 Å². The number of benzene rings is 1. The van der Waals surface area contributed by atoms with Crippen molar-refractivity contribution in [2.75, 3.05) is 10.6 Å². The molecule has 88 valence electrons. The minimum atomic E-state index is -0.373. The average molecular weight is 232 g/mol. The van der Waals surface area contributed by atoms with Crippen molar-refractivity contribution in [2.45, 2.75) is 19.8 Å². The zero-order chi connectivity index (χ0) is 12.4. The van der Waals surface area contributed by atoms with Crippen LogP contribution in [0.5, 0.6) is 0 Å². The van der Waals surface area contributed by atoms with Gasteiger partial charge in [0.15, 0.2) is 5.78 Å². The second-order valence-electron chi connectivity index (χ2n) is 3.81. The number of ketones is 1. The first-order valence-corrected chi connectivity index (χ1v) is 5.37. The van der Waals surface area contributed by atoms with Crippen LogP contribution < -0.4 is 10.6 Å². The van der Waals surface area contributed by atoms with Crippen molar-refractivity contribution < 1.29 is 14.4 Å². The molecule has 0 aliphatic carbocycles. The van der Waals surface area contributed by atoms with Gasteiger partial charge in [0.25, 0.3) is 0 Å². The third-order valence-electron chi connectivity index (χ3n) is 2.53. The SMILES string of the molecule is CCC(=O)c1ccc2c(c1)NC(=O)CC(=O)N2. The van der Waals surface area contributed by atoms with Gasteiger partial charge in [-0.25, -0.2) is 0 Å². The molecule has 0 unspecified atom stereocenters. The van der Waals surface area contributed by atoms with Crippen LogP contribution in [0.4, 0.5) is 11.4 Å². The van der Waals surface area contributed by atoms with Crippen LogP contribution in [-0.2, 0) is 9.59 Å². The van der Waals surface area contributed by atoms with Crippen LogP contribution in [-0.4, -0.2) is 17.6 Å². The van der Waals surface area contributed by atoms with E-state index in [-0.39, 0.29) is 24.0 Å². The van der Waals surface area contributed by atoms with Gasteiger partial charge in [0, 0.05) is 12.0 Å². The fraction of sp³-hybridized carbons (Fsp3) is 0.250. The van der Waals surface area contributed by atoms with Crippen molar-refractivity contribution in [1.29, 1.82) is 0 Å². The zero-order valence-electron chi connectivity index (χ0n) is 9.37. The number of hydrogen-bond acceptors (Lipinski definition) is 3. The Bertz CT molecular complexity index is 508. The van der Waals surface area contributed by atoms with Crippen LogP contribution in [0.15, 0.2) is 18.2 Å². The number of carbonyl (C=O) groups excluding carboxylic acids is 3. The fourth-order valence-electron chi connectivity index (χ4n) is 1.67. The summed E-state index contributed by atoms with van der Waals surface area (Å²) in [6, 6.07) is 4.86. The molecule has 1 aromatic carbocycles. The maximum Gasteiger partial charge on any atom is 0.233 e. The standard InChI is InChI=1S/C12H12N2O3/c1-2-10(15)7-3-4-8-9(5-7)14-12(17)6-11(16)13-8/h3-5H,2,6H2,1H3,(H,13,16)(H,14,17). The van der Waals surface area contributed by atoms with E-state index in [2.05, 4.69) is 10.6 Å². The predicted molar refractivity (Wildman–Crippen MR) is 62.9 cm³/mol. The van der Waals surface area contributed by atoms with Gasteiger partial charge in [0.1, 0.15) is 6.42 Å². The van der Waals surface area contributed by atoms with Crippen LogP contribution in [0.25, 0.3) is 0 Å². The van der Waals surface area contributed by atoms with Gasteiger partial charge in [0.2, 0.25) is 11.8 Å². The molecular formula is C12H12N2O3. The minimum Gasteiger partial charge on any atom is -0.324 e.